The minimum absolute atomic E-state index is 0.279. The molecule has 1 rings (SSSR count). The molecular formula is C9H16N4O3. The number of aromatic nitrogens is 2. The molecule has 0 saturated heterocycles. The third kappa shape index (κ3) is 2.78. The molecule has 3 N–H and O–H groups in total. The van der Waals surface area contributed by atoms with E-state index in [-0.39, 0.29) is 6.04 Å². The highest BCUT2D eigenvalue weighted by molar-refractivity contribution is 5.25. The van der Waals surface area contributed by atoms with Gasteiger partial charge in [0.15, 0.2) is 0 Å². The van der Waals surface area contributed by atoms with Crippen LogP contribution in [0.4, 0.5) is 0 Å². The second kappa shape index (κ2) is 6.21. The number of ether oxygens (including phenoxy) is 3. The summed E-state index contributed by atoms with van der Waals surface area (Å²) in [5.41, 5.74) is 3.16. The van der Waals surface area contributed by atoms with Crippen LogP contribution in [-0.2, 0) is 4.74 Å². The normalized spacial score (nSPS) is 12.2. The van der Waals surface area contributed by atoms with Gasteiger partial charge in [0, 0.05) is 7.11 Å². The van der Waals surface area contributed by atoms with Crippen molar-refractivity contribution in [1.29, 1.82) is 0 Å². The molecule has 1 unspecified atom stereocenters. The van der Waals surface area contributed by atoms with E-state index >= 15 is 0 Å². The molecule has 0 spiro atoms. The number of hydrazine groups is 1. The number of nitrogens with one attached hydrogen (secondary N) is 1. The fraction of sp³-hybridized carbons (Fsp3) is 0.556. The maximum atomic E-state index is 5.40. The predicted octanol–water partition coefficient (Wildman–Crippen LogP) is -0.355. The Balaban J connectivity index is 3.01. The zero-order valence-electron chi connectivity index (χ0n) is 9.56. The Morgan fingerprint density at radius 3 is 2.62 bits per heavy atom. The highest BCUT2D eigenvalue weighted by atomic mass is 16.5. The monoisotopic (exact) mass is 228 g/mol. The van der Waals surface area contributed by atoms with E-state index in [1.54, 1.807) is 7.11 Å². The molecule has 90 valence electrons. The summed E-state index contributed by atoms with van der Waals surface area (Å²) >= 11 is 0. The van der Waals surface area contributed by atoms with Crippen molar-refractivity contribution in [2.24, 2.45) is 5.84 Å². The van der Waals surface area contributed by atoms with Crippen LogP contribution in [0.25, 0.3) is 0 Å². The van der Waals surface area contributed by atoms with Gasteiger partial charge in [-0.2, -0.15) is 4.98 Å². The Bertz CT molecular complexity index is 335. The maximum Gasteiger partial charge on any atom is 0.240 e. The Hall–Kier alpha value is -1.44. The van der Waals surface area contributed by atoms with Gasteiger partial charge in [-0.1, -0.05) is 0 Å². The van der Waals surface area contributed by atoms with Crippen LogP contribution in [0.15, 0.2) is 6.20 Å². The summed E-state index contributed by atoms with van der Waals surface area (Å²) in [5, 5.41) is 0. The smallest absolute Gasteiger partial charge is 0.240 e. The minimum atomic E-state index is -0.279. The van der Waals surface area contributed by atoms with Crippen LogP contribution < -0.4 is 20.7 Å². The van der Waals surface area contributed by atoms with Crippen LogP contribution in [-0.4, -0.2) is 37.9 Å². The van der Waals surface area contributed by atoms with Crippen molar-refractivity contribution < 1.29 is 14.2 Å². The third-order valence-electron chi connectivity index (χ3n) is 2.01. The van der Waals surface area contributed by atoms with Gasteiger partial charge in [-0.3, -0.25) is 5.84 Å². The first-order chi connectivity index (χ1) is 7.76. The van der Waals surface area contributed by atoms with Gasteiger partial charge >= 0.3 is 0 Å². The van der Waals surface area contributed by atoms with E-state index in [9.17, 15) is 0 Å². The lowest BCUT2D eigenvalue weighted by molar-refractivity contribution is 0.163. The van der Waals surface area contributed by atoms with Crippen molar-refractivity contribution in [3.8, 4) is 11.8 Å². The van der Waals surface area contributed by atoms with Crippen LogP contribution in [0, 0.1) is 0 Å². The predicted molar refractivity (Wildman–Crippen MR) is 57.1 cm³/mol. The van der Waals surface area contributed by atoms with Gasteiger partial charge < -0.3 is 14.2 Å². The molecule has 0 radical (unpaired) electrons. The van der Waals surface area contributed by atoms with Crippen LogP contribution in [0.1, 0.15) is 11.7 Å². The van der Waals surface area contributed by atoms with Crippen LogP contribution in [0.2, 0.25) is 0 Å². The molecule has 1 atom stereocenters. The summed E-state index contributed by atoms with van der Waals surface area (Å²) in [4.78, 5) is 8.28. The molecular weight excluding hydrogens is 212 g/mol. The van der Waals surface area contributed by atoms with Crippen molar-refractivity contribution in [2.45, 2.75) is 6.04 Å². The summed E-state index contributed by atoms with van der Waals surface area (Å²) in [5.74, 6) is 6.14. The van der Waals surface area contributed by atoms with Gasteiger partial charge in [0.25, 0.3) is 0 Å². The fourth-order valence-electron chi connectivity index (χ4n) is 1.23. The topological polar surface area (TPSA) is 91.5 Å². The van der Waals surface area contributed by atoms with Crippen molar-refractivity contribution in [3.63, 3.8) is 0 Å². The van der Waals surface area contributed by atoms with Gasteiger partial charge in [0.1, 0.15) is 5.69 Å². The van der Waals surface area contributed by atoms with E-state index in [2.05, 4.69) is 15.4 Å². The SMILES string of the molecule is COCC(NN)c1ncc(OC)nc1OC. The lowest BCUT2D eigenvalue weighted by Crippen LogP contribution is -2.32. The number of nitrogens with two attached hydrogens (primary N) is 1. The van der Waals surface area contributed by atoms with Gasteiger partial charge in [-0.15, -0.1) is 0 Å². The maximum absolute atomic E-state index is 5.40. The molecule has 0 aromatic carbocycles. The summed E-state index contributed by atoms with van der Waals surface area (Å²) in [6.07, 6.45) is 1.50. The molecule has 0 aliphatic rings. The zero-order chi connectivity index (χ0) is 12.0. The van der Waals surface area contributed by atoms with Crippen molar-refractivity contribution in [3.05, 3.63) is 11.9 Å². The summed E-state index contributed by atoms with van der Waals surface area (Å²) in [6, 6.07) is -0.279. The van der Waals surface area contributed by atoms with Crippen LogP contribution in [0.3, 0.4) is 0 Å². The van der Waals surface area contributed by atoms with Gasteiger partial charge in [-0.05, 0) is 0 Å². The Labute approximate surface area is 93.9 Å². The lowest BCUT2D eigenvalue weighted by Gasteiger charge is -2.16. The molecule has 0 fully saturated rings. The van der Waals surface area contributed by atoms with E-state index in [1.807, 2.05) is 0 Å². The molecule has 0 saturated carbocycles. The fourth-order valence-corrected chi connectivity index (χ4v) is 1.23. The number of hydrogen-bond acceptors (Lipinski definition) is 7. The van der Waals surface area contributed by atoms with Crippen LogP contribution in [0.5, 0.6) is 11.8 Å². The molecule has 7 nitrogen and oxygen atoms in total. The second-order valence-electron chi connectivity index (χ2n) is 2.98. The molecule has 1 aromatic rings. The standard InChI is InChI=1S/C9H16N4O3/c1-14-5-6(13-10)8-9(16-3)12-7(15-2)4-11-8/h4,6,13H,5,10H2,1-3H3. The second-order valence-corrected chi connectivity index (χ2v) is 2.98. The van der Waals surface area contributed by atoms with E-state index in [4.69, 9.17) is 20.1 Å². The molecule has 0 aliphatic heterocycles. The lowest BCUT2D eigenvalue weighted by atomic mass is 10.2. The molecule has 16 heavy (non-hydrogen) atoms. The number of methoxy groups -OCH3 is 3. The zero-order valence-corrected chi connectivity index (χ0v) is 9.56. The Morgan fingerprint density at radius 1 is 1.38 bits per heavy atom. The minimum Gasteiger partial charge on any atom is -0.480 e. The van der Waals surface area contributed by atoms with Gasteiger partial charge in [-0.25, -0.2) is 10.4 Å². The Morgan fingerprint density at radius 2 is 2.12 bits per heavy atom. The first-order valence-electron chi connectivity index (χ1n) is 4.66. The highest BCUT2D eigenvalue weighted by Crippen LogP contribution is 2.22. The largest absolute Gasteiger partial charge is 0.480 e. The van der Waals surface area contributed by atoms with Crippen molar-refractivity contribution in [2.75, 3.05) is 27.9 Å². The van der Waals surface area contributed by atoms with E-state index in [0.29, 0.717) is 24.1 Å². The number of hydrogen-bond donors (Lipinski definition) is 2. The van der Waals surface area contributed by atoms with E-state index in [1.165, 1.54) is 20.4 Å². The average molecular weight is 228 g/mol. The third-order valence-corrected chi connectivity index (χ3v) is 2.01. The molecule has 0 amide bonds. The highest BCUT2D eigenvalue weighted by Gasteiger charge is 2.18. The summed E-state index contributed by atoms with van der Waals surface area (Å²) in [7, 11) is 4.60. The first-order valence-corrected chi connectivity index (χ1v) is 4.66. The van der Waals surface area contributed by atoms with Crippen LogP contribution >= 0.6 is 0 Å². The summed E-state index contributed by atoms with van der Waals surface area (Å²) in [6.45, 7) is 0.369. The molecule has 0 aliphatic carbocycles. The van der Waals surface area contributed by atoms with E-state index < -0.39 is 0 Å². The first kappa shape index (κ1) is 12.6. The molecule has 7 heteroatoms. The van der Waals surface area contributed by atoms with Gasteiger partial charge in [0.2, 0.25) is 11.8 Å². The Kier molecular flexibility index (Phi) is 4.90. The molecule has 1 heterocycles. The number of nitrogens with zero attached hydrogens (tertiary/aromatic N) is 2. The quantitative estimate of drug-likeness (QED) is 0.507. The van der Waals surface area contributed by atoms with Crippen molar-refractivity contribution in [1.82, 2.24) is 15.4 Å². The average Bonchev–Trinajstić information content (AvgIpc) is 2.35. The summed E-state index contributed by atoms with van der Waals surface area (Å²) < 4.78 is 15.1. The number of rotatable bonds is 6. The molecule has 1 aromatic heterocycles. The van der Waals surface area contributed by atoms with Gasteiger partial charge in [0.05, 0.1) is 33.1 Å². The van der Waals surface area contributed by atoms with Crippen molar-refractivity contribution >= 4 is 0 Å². The molecule has 0 bridgehead atoms. The van der Waals surface area contributed by atoms with E-state index in [0.717, 1.165) is 0 Å².